The van der Waals surface area contributed by atoms with Gasteiger partial charge in [-0.1, -0.05) is 35.9 Å². The molecule has 3 aromatic rings. The number of carbonyl (C=O) groups is 1. The van der Waals surface area contributed by atoms with E-state index in [0.29, 0.717) is 41.8 Å². The molecule has 146 valence electrons. The van der Waals surface area contributed by atoms with Crippen LogP contribution in [0.1, 0.15) is 21.5 Å². The largest absolute Gasteiger partial charge is 0.489 e. The van der Waals surface area contributed by atoms with Crippen LogP contribution in [0.4, 0.5) is 5.69 Å². The molecule has 0 aliphatic heterocycles. The molecule has 0 bridgehead atoms. The van der Waals surface area contributed by atoms with Crippen molar-refractivity contribution in [3.05, 3.63) is 76.6 Å². The predicted molar refractivity (Wildman–Crippen MR) is 109 cm³/mol. The van der Waals surface area contributed by atoms with Crippen molar-refractivity contribution in [3.8, 4) is 5.75 Å². The number of aryl methyl sites for hydroxylation is 1. The minimum Gasteiger partial charge on any atom is -0.489 e. The van der Waals surface area contributed by atoms with Gasteiger partial charge in [-0.3, -0.25) is 9.48 Å². The van der Waals surface area contributed by atoms with Gasteiger partial charge >= 0.3 is 0 Å². The van der Waals surface area contributed by atoms with Gasteiger partial charge in [0.25, 0.3) is 5.91 Å². The fourth-order valence-corrected chi connectivity index (χ4v) is 2.85. The van der Waals surface area contributed by atoms with E-state index in [-0.39, 0.29) is 5.91 Å². The van der Waals surface area contributed by atoms with Crippen LogP contribution in [0, 0.1) is 6.92 Å². The molecule has 0 aliphatic rings. The number of hydrogen-bond acceptors (Lipinski definition) is 4. The average molecular weight is 400 g/mol. The number of rotatable bonds is 8. The van der Waals surface area contributed by atoms with Crippen LogP contribution in [0.15, 0.2) is 54.9 Å². The monoisotopic (exact) mass is 399 g/mol. The fourth-order valence-electron chi connectivity index (χ4n) is 2.65. The van der Waals surface area contributed by atoms with E-state index in [1.165, 1.54) is 6.20 Å². The molecule has 1 amide bonds. The first kappa shape index (κ1) is 19.9. The molecule has 0 radical (unpaired) electrons. The van der Waals surface area contributed by atoms with Crippen LogP contribution in [-0.2, 0) is 11.3 Å². The van der Waals surface area contributed by atoms with Gasteiger partial charge in [-0.2, -0.15) is 5.10 Å². The maximum atomic E-state index is 12.6. The van der Waals surface area contributed by atoms with E-state index in [1.54, 1.807) is 18.0 Å². The van der Waals surface area contributed by atoms with E-state index in [4.69, 9.17) is 21.1 Å². The highest BCUT2D eigenvalue weighted by Crippen LogP contribution is 2.26. The summed E-state index contributed by atoms with van der Waals surface area (Å²) in [6.45, 7) is 3.32. The predicted octanol–water partition coefficient (Wildman–Crippen LogP) is 4.17. The molecule has 0 spiro atoms. The molecule has 3 rings (SSSR count). The highest BCUT2D eigenvalue weighted by molar-refractivity contribution is 6.31. The van der Waals surface area contributed by atoms with E-state index in [2.05, 4.69) is 10.4 Å². The Labute approximate surface area is 169 Å². The molecule has 0 unspecified atom stereocenters. The van der Waals surface area contributed by atoms with Gasteiger partial charge in [0.05, 0.1) is 30.6 Å². The van der Waals surface area contributed by atoms with Gasteiger partial charge in [-0.05, 0) is 36.2 Å². The summed E-state index contributed by atoms with van der Waals surface area (Å²) in [6, 6.07) is 13.2. The second kappa shape index (κ2) is 9.39. The topological polar surface area (TPSA) is 65.4 Å². The normalized spacial score (nSPS) is 10.7. The van der Waals surface area contributed by atoms with Gasteiger partial charge in [0.15, 0.2) is 0 Å². The molecule has 0 aliphatic carbocycles. The van der Waals surface area contributed by atoms with Crippen molar-refractivity contribution in [2.75, 3.05) is 25.6 Å². The molecule has 6 nitrogen and oxygen atoms in total. The highest BCUT2D eigenvalue weighted by atomic mass is 35.5. The number of carbonyl (C=O) groups excluding carboxylic acids is 1. The second-order valence-corrected chi connectivity index (χ2v) is 6.72. The maximum Gasteiger partial charge on any atom is 0.258 e. The van der Waals surface area contributed by atoms with E-state index in [1.807, 2.05) is 49.4 Å². The molecular formula is C21H22ClN3O3. The number of nitrogens with zero attached hydrogens (tertiary/aromatic N) is 2. The number of benzene rings is 2. The lowest BCUT2D eigenvalue weighted by Gasteiger charge is -2.13. The first-order valence-electron chi connectivity index (χ1n) is 8.86. The number of hydrogen-bond donors (Lipinski definition) is 1. The van der Waals surface area contributed by atoms with Crippen molar-refractivity contribution < 1.29 is 14.3 Å². The Hall–Kier alpha value is -2.83. The first-order chi connectivity index (χ1) is 13.6. The van der Waals surface area contributed by atoms with E-state index < -0.39 is 0 Å². The molecule has 1 heterocycles. The van der Waals surface area contributed by atoms with Crippen LogP contribution in [0.5, 0.6) is 5.75 Å². The summed E-state index contributed by atoms with van der Waals surface area (Å²) in [5, 5.41) is 7.82. The lowest BCUT2D eigenvalue weighted by atomic mass is 10.2. The third-order valence-electron chi connectivity index (χ3n) is 4.12. The van der Waals surface area contributed by atoms with Gasteiger partial charge in [0.2, 0.25) is 0 Å². The van der Waals surface area contributed by atoms with E-state index >= 15 is 0 Å². The molecule has 2 aromatic carbocycles. The molecule has 0 saturated heterocycles. The molecule has 28 heavy (non-hydrogen) atoms. The van der Waals surface area contributed by atoms with Crippen LogP contribution in [0.25, 0.3) is 0 Å². The van der Waals surface area contributed by atoms with Crippen molar-refractivity contribution in [2.24, 2.45) is 0 Å². The van der Waals surface area contributed by atoms with Crippen molar-refractivity contribution in [1.82, 2.24) is 9.78 Å². The number of amides is 1. The SMILES string of the molecule is COCCOc1cc(C)ccc1NC(=O)c1cnn(Cc2ccccc2Cl)c1. The molecule has 0 fully saturated rings. The lowest BCUT2D eigenvalue weighted by Crippen LogP contribution is -2.13. The van der Waals surface area contributed by atoms with E-state index in [9.17, 15) is 4.79 Å². The van der Waals surface area contributed by atoms with Crippen LogP contribution in [-0.4, -0.2) is 36.0 Å². The van der Waals surface area contributed by atoms with Gasteiger partial charge in [-0.15, -0.1) is 0 Å². The smallest absolute Gasteiger partial charge is 0.258 e. The number of aromatic nitrogens is 2. The van der Waals surface area contributed by atoms with Gasteiger partial charge in [0, 0.05) is 18.3 Å². The summed E-state index contributed by atoms with van der Waals surface area (Å²) < 4.78 is 12.4. The summed E-state index contributed by atoms with van der Waals surface area (Å²) in [6.07, 6.45) is 3.23. The van der Waals surface area contributed by atoms with Crippen LogP contribution in [0.2, 0.25) is 5.02 Å². The van der Waals surface area contributed by atoms with Crippen molar-refractivity contribution in [1.29, 1.82) is 0 Å². The zero-order valence-corrected chi connectivity index (χ0v) is 16.6. The molecule has 7 heteroatoms. The third kappa shape index (κ3) is 5.12. The highest BCUT2D eigenvalue weighted by Gasteiger charge is 2.13. The molecule has 0 saturated carbocycles. The minimum absolute atomic E-state index is 0.258. The Bertz CT molecular complexity index is 956. The zero-order chi connectivity index (χ0) is 19.9. The number of anilines is 1. The van der Waals surface area contributed by atoms with Gasteiger partial charge in [-0.25, -0.2) is 0 Å². The Morgan fingerprint density at radius 3 is 2.82 bits per heavy atom. The Morgan fingerprint density at radius 2 is 2.04 bits per heavy atom. The molecule has 1 N–H and O–H groups in total. The van der Waals surface area contributed by atoms with Gasteiger partial charge < -0.3 is 14.8 Å². The van der Waals surface area contributed by atoms with E-state index in [0.717, 1.165) is 11.1 Å². The number of methoxy groups -OCH3 is 1. The van der Waals surface area contributed by atoms with Crippen molar-refractivity contribution >= 4 is 23.2 Å². The summed E-state index contributed by atoms with van der Waals surface area (Å²) in [5.41, 5.74) is 3.03. The maximum absolute atomic E-state index is 12.6. The Kier molecular flexibility index (Phi) is 6.68. The number of ether oxygens (including phenoxy) is 2. The summed E-state index contributed by atoms with van der Waals surface area (Å²) >= 11 is 6.19. The number of nitrogens with one attached hydrogen (secondary N) is 1. The minimum atomic E-state index is -0.258. The van der Waals surface area contributed by atoms with Crippen LogP contribution in [0.3, 0.4) is 0 Å². The third-order valence-corrected chi connectivity index (χ3v) is 4.48. The molecule has 1 aromatic heterocycles. The fraction of sp³-hybridized carbons (Fsp3) is 0.238. The summed E-state index contributed by atoms with van der Waals surface area (Å²) in [4.78, 5) is 12.6. The lowest BCUT2D eigenvalue weighted by molar-refractivity contribution is 0.102. The Morgan fingerprint density at radius 1 is 1.21 bits per heavy atom. The first-order valence-corrected chi connectivity index (χ1v) is 9.24. The van der Waals surface area contributed by atoms with Crippen molar-refractivity contribution in [3.63, 3.8) is 0 Å². The van der Waals surface area contributed by atoms with Crippen LogP contribution >= 0.6 is 11.6 Å². The summed E-state index contributed by atoms with van der Waals surface area (Å²) in [7, 11) is 1.61. The van der Waals surface area contributed by atoms with Crippen molar-refractivity contribution in [2.45, 2.75) is 13.5 Å². The average Bonchev–Trinajstić information content (AvgIpc) is 3.15. The van der Waals surface area contributed by atoms with Crippen LogP contribution < -0.4 is 10.1 Å². The zero-order valence-electron chi connectivity index (χ0n) is 15.8. The number of halogens is 1. The summed E-state index contributed by atoms with van der Waals surface area (Å²) in [5.74, 6) is 0.347. The molecular weight excluding hydrogens is 378 g/mol. The standard InChI is InChI=1S/C21H22ClN3O3/c1-15-7-8-19(20(11-15)28-10-9-27-2)24-21(26)17-12-23-25(14-17)13-16-5-3-4-6-18(16)22/h3-8,11-12,14H,9-10,13H2,1-2H3,(H,24,26). The molecule has 0 atom stereocenters. The van der Waals surface area contributed by atoms with Gasteiger partial charge in [0.1, 0.15) is 12.4 Å². The quantitative estimate of drug-likeness (QED) is 0.577. The Balaban J connectivity index is 1.70. The second-order valence-electron chi connectivity index (χ2n) is 6.31.